The smallest absolute Gasteiger partial charge is 0.103 e. The van der Waals surface area contributed by atoms with Crippen LogP contribution in [0.25, 0.3) is 0 Å². The molecule has 0 aliphatic rings. The van der Waals surface area contributed by atoms with Crippen LogP contribution < -0.4 is 5.32 Å². The Morgan fingerprint density at radius 3 is 2.58 bits per heavy atom. The Balaban J connectivity index is 3.78. The van der Waals surface area contributed by atoms with Gasteiger partial charge < -0.3 is 9.64 Å². The lowest BCUT2D eigenvalue weighted by molar-refractivity contribution is 0.0634. The molecule has 112 valence electrons. The van der Waals surface area contributed by atoms with Crippen molar-refractivity contribution in [2.75, 3.05) is 33.3 Å². The molecule has 0 aliphatic carbocycles. The molecule has 0 rings (SSSR count). The number of hydrogen-bond acceptors (Lipinski definition) is 4. The topological polar surface area (TPSA) is 48.3 Å². The fourth-order valence-electron chi connectivity index (χ4n) is 1.84. The minimum atomic E-state index is -0.384. The van der Waals surface area contributed by atoms with Gasteiger partial charge in [0.05, 0.1) is 18.8 Å². The van der Waals surface area contributed by atoms with Gasteiger partial charge in [-0.05, 0) is 60.2 Å². The fourth-order valence-corrected chi connectivity index (χ4v) is 1.84. The van der Waals surface area contributed by atoms with Gasteiger partial charge in [0.1, 0.15) is 5.54 Å². The van der Waals surface area contributed by atoms with E-state index in [4.69, 9.17) is 4.74 Å². The van der Waals surface area contributed by atoms with E-state index in [-0.39, 0.29) is 5.54 Å². The van der Waals surface area contributed by atoms with Crippen LogP contribution in [0.2, 0.25) is 0 Å². The lowest BCUT2D eigenvalue weighted by atomic mass is 9.97. The van der Waals surface area contributed by atoms with Gasteiger partial charge in [0.25, 0.3) is 0 Å². The Morgan fingerprint density at radius 1 is 1.37 bits per heavy atom. The van der Waals surface area contributed by atoms with Gasteiger partial charge in [-0.2, -0.15) is 5.26 Å². The molecule has 0 amide bonds. The number of hydrogen-bond donors (Lipinski definition) is 1. The minimum absolute atomic E-state index is 0.300. The van der Waals surface area contributed by atoms with E-state index in [2.05, 4.69) is 44.1 Å². The Hall–Kier alpha value is -0.630. The molecule has 0 aromatic carbocycles. The average Bonchev–Trinajstić information content (AvgIpc) is 2.36. The van der Waals surface area contributed by atoms with E-state index in [9.17, 15) is 5.26 Å². The second kappa shape index (κ2) is 10.2. The Bertz CT molecular complexity index is 263. The first-order valence-corrected chi connectivity index (χ1v) is 7.40. The molecule has 1 N–H and O–H groups in total. The largest absolute Gasteiger partial charge is 0.377 e. The van der Waals surface area contributed by atoms with Crippen LogP contribution in [0.5, 0.6) is 0 Å². The highest BCUT2D eigenvalue weighted by atomic mass is 16.5. The molecule has 0 fully saturated rings. The number of nitrogens with zero attached hydrogens (tertiary/aromatic N) is 2. The van der Waals surface area contributed by atoms with Crippen LogP contribution in [0.4, 0.5) is 0 Å². The van der Waals surface area contributed by atoms with E-state index in [1.807, 2.05) is 6.92 Å². The maximum Gasteiger partial charge on any atom is 0.103 e. The number of likely N-dealkylation sites (N-methyl/N-ethyl adjacent to an activating group) is 1. The number of ether oxygens (including phenoxy) is 1. The molecule has 4 heteroatoms. The zero-order valence-electron chi connectivity index (χ0n) is 13.3. The van der Waals surface area contributed by atoms with Crippen molar-refractivity contribution >= 4 is 0 Å². The molecule has 4 nitrogen and oxygen atoms in total. The third-order valence-corrected chi connectivity index (χ3v) is 3.15. The van der Waals surface area contributed by atoms with Gasteiger partial charge in [-0.1, -0.05) is 6.92 Å². The van der Waals surface area contributed by atoms with Crippen molar-refractivity contribution in [3.63, 3.8) is 0 Å². The van der Waals surface area contributed by atoms with Crippen LogP contribution in [0.15, 0.2) is 0 Å². The first kappa shape index (κ1) is 18.4. The van der Waals surface area contributed by atoms with Crippen molar-refractivity contribution < 1.29 is 4.74 Å². The zero-order valence-corrected chi connectivity index (χ0v) is 13.3. The summed E-state index contributed by atoms with van der Waals surface area (Å²) < 4.78 is 5.53. The molecule has 0 saturated heterocycles. The highest BCUT2D eigenvalue weighted by Gasteiger charge is 2.21. The lowest BCUT2D eigenvalue weighted by Gasteiger charge is -2.24. The minimum Gasteiger partial charge on any atom is -0.377 e. The van der Waals surface area contributed by atoms with Crippen LogP contribution in [0.3, 0.4) is 0 Å². The maximum atomic E-state index is 9.23. The number of nitriles is 1. The maximum absolute atomic E-state index is 9.23. The summed E-state index contributed by atoms with van der Waals surface area (Å²) >= 11 is 0. The molecule has 0 aromatic heterocycles. The molecule has 0 bridgehead atoms. The van der Waals surface area contributed by atoms with Crippen LogP contribution in [-0.2, 0) is 4.74 Å². The molecule has 0 saturated carbocycles. The van der Waals surface area contributed by atoms with Crippen molar-refractivity contribution in [2.24, 2.45) is 0 Å². The van der Waals surface area contributed by atoms with Gasteiger partial charge in [0, 0.05) is 6.54 Å². The first-order valence-electron chi connectivity index (χ1n) is 7.40. The summed E-state index contributed by atoms with van der Waals surface area (Å²) in [5.74, 6) is 0. The second-order valence-corrected chi connectivity index (χ2v) is 5.70. The number of nitrogens with one attached hydrogen (secondary N) is 1. The summed E-state index contributed by atoms with van der Waals surface area (Å²) in [5, 5.41) is 12.6. The lowest BCUT2D eigenvalue weighted by Crippen LogP contribution is -2.42. The van der Waals surface area contributed by atoms with Crippen LogP contribution in [0, 0.1) is 11.3 Å². The molecule has 0 radical (unpaired) electrons. The van der Waals surface area contributed by atoms with Gasteiger partial charge in [-0.25, -0.2) is 0 Å². The molecular weight excluding hydrogens is 238 g/mol. The molecule has 19 heavy (non-hydrogen) atoms. The van der Waals surface area contributed by atoms with Crippen molar-refractivity contribution in [3.8, 4) is 6.07 Å². The SMILES string of the molecule is CCCNC(C)(C#N)CCCN(C)CCOC(C)C. The summed E-state index contributed by atoms with van der Waals surface area (Å²) in [5.41, 5.74) is -0.384. The van der Waals surface area contributed by atoms with Gasteiger partial charge in [0.2, 0.25) is 0 Å². The Kier molecular flexibility index (Phi) is 9.85. The monoisotopic (exact) mass is 269 g/mol. The zero-order chi connectivity index (χ0) is 14.7. The standard InChI is InChI=1S/C15H31N3O/c1-6-9-17-15(4,13-16)8-7-10-18(5)11-12-19-14(2)3/h14,17H,6-12H2,1-5H3. The Labute approximate surface area is 119 Å². The first-order chi connectivity index (χ1) is 8.93. The molecule has 0 aromatic rings. The number of rotatable bonds is 11. The summed E-state index contributed by atoms with van der Waals surface area (Å²) in [7, 11) is 2.10. The Morgan fingerprint density at radius 2 is 2.05 bits per heavy atom. The van der Waals surface area contributed by atoms with E-state index in [0.29, 0.717) is 6.10 Å². The van der Waals surface area contributed by atoms with E-state index >= 15 is 0 Å². The summed E-state index contributed by atoms with van der Waals surface area (Å²) in [6.07, 6.45) is 3.27. The predicted octanol–water partition coefficient (Wildman–Crippen LogP) is 2.41. The normalized spacial score (nSPS) is 14.6. The molecule has 1 atom stereocenters. The van der Waals surface area contributed by atoms with Gasteiger partial charge in [-0.3, -0.25) is 5.32 Å². The van der Waals surface area contributed by atoms with Crippen LogP contribution in [-0.4, -0.2) is 49.8 Å². The van der Waals surface area contributed by atoms with Gasteiger partial charge in [0.15, 0.2) is 0 Å². The molecule has 1 unspecified atom stereocenters. The predicted molar refractivity (Wildman–Crippen MR) is 80.1 cm³/mol. The molecule has 0 heterocycles. The molecule has 0 aliphatic heterocycles. The third kappa shape index (κ3) is 9.89. The summed E-state index contributed by atoms with van der Waals surface area (Å²) in [6, 6.07) is 2.39. The van der Waals surface area contributed by atoms with Crippen molar-refractivity contribution in [3.05, 3.63) is 0 Å². The molecular formula is C15H31N3O. The van der Waals surface area contributed by atoms with Gasteiger partial charge >= 0.3 is 0 Å². The van der Waals surface area contributed by atoms with E-state index in [1.165, 1.54) is 0 Å². The van der Waals surface area contributed by atoms with E-state index in [0.717, 1.165) is 45.5 Å². The summed E-state index contributed by atoms with van der Waals surface area (Å²) in [6.45, 7) is 11.9. The van der Waals surface area contributed by atoms with Crippen LogP contribution >= 0.6 is 0 Å². The highest BCUT2D eigenvalue weighted by Crippen LogP contribution is 2.11. The fraction of sp³-hybridized carbons (Fsp3) is 0.933. The third-order valence-electron chi connectivity index (χ3n) is 3.15. The van der Waals surface area contributed by atoms with Crippen molar-refractivity contribution in [2.45, 2.75) is 58.6 Å². The van der Waals surface area contributed by atoms with E-state index in [1.54, 1.807) is 0 Å². The second-order valence-electron chi connectivity index (χ2n) is 5.70. The van der Waals surface area contributed by atoms with E-state index < -0.39 is 0 Å². The van der Waals surface area contributed by atoms with Gasteiger partial charge in [-0.15, -0.1) is 0 Å². The van der Waals surface area contributed by atoms with Crippen LogP contribution in [0.1, 0.15) is 47.0 Å². The van der Waals surface area contributed by atoms with Crippen molar-refractivity contribution in [1.82, 2.24) is 10.2 Å². The average molecular weight is 269 g/mol. The summed E-state index contributed by atoms with van der Waals surface area (Å²) in [4.78, 5) is 2.26. The quantitative estimate of drug-likeness (QED) is 0.626. The van der Waals surface area contributed by atoms with Crippen molar-refractivity contribution in [1.29, 1.82) is 5.26 Å². The molecule has 0 spiro atoms. The highest BCUT2D eigenvalue weighted by molar-refractivity contribution is 5.03.